The van der Waals surface area contributed by atoms with E-state index >= 15 is 0 Å². The molecule has 8 heteroatoms. The Bertz CT molecular complexity index is 1160. The average Bonchev–Trinajstić information content (AvgIpc) is 3.41. The summed E-state index contributed by atoms with van der Waals surface area (Å²) < 4.78 is 28.0. The Morgan fingerprint density at radius 1 is 1.27 bits per heavy atom. The molecular weight excluding hydrogens is 400 g/mol. The molecule has 1 saturated heterocycles. The molecule has 0 saturated carbocycles. The number of H-pyrrole nitrogens is 1. The van der Waals surface area contributed by atoms with Gasteiger partial charge in [-0.05, 0) is 44.4 Å². The molecule has 4 rings (SSSR count). The Kier molecular flexibility index (Phi) is 5.62. The molecule has 7 nitrogen and oxygen atoms in total. The largest absolute Gasteiger partial charge is 0.352 e. The van der Waals surface area contributed by atoms with Crippen LogP contribution in [-0.4, -0.2) is 47.2 Å². The predicted octanol–water partition coefficient (Wildman–Crippen LogP) is 3.30. The standard InChI is InChI=1S/C22H26N4O3S/c1-3-15(2)23-22(27)20-10-7-13-26(20)30(28,29)17-11-12-18-19(14-17)25-21(24-18)16-8-5-4-6-9-16/h4-6,8-9,11-12,14-15,20H,3,7,10,13H2,1-2H3,(H,23,27)(H,24,25). The topological polar surface area (TPSA) is 95.2 Å². The van der Waals surface area contributed by atoms with Crippen molar-refractivity contribution in [2.75, 3.05) is 6.54 Å². The second kappa shape index (κ2) is 8.20. The van der Waals surface area contributed by atoms with Gasteiger partial charge in [-0.25, -0.2) is 13.4 Å². The quantitative estimate of drug-likeness (QED) is 0.632. The van der Waals surface area contributed by atoms with E-state index in [9.17, 15) is 13.2 Å². The number of carbonyl (C=O) groups excluding carboxylic acids is 1. The van der Waals surface area contributed by atoms with Gasteiger partial charge in [0.25, 0.3) is 0 Å². The number of aromatic nitrogens is 2. The number of sulfonamides is 1. The molecule has 0 spiro atoms. The molecule has 158 valence electrons. The Balaban J connectivity index is 1.64. The summed E-state index contributed by atoms with van der Waals surface area (Å²) >= 11 is 0. The maximum absolute atomic E-state index is 13.3. The van der Waals surface area contributed by atoms with E-state index in [1.807, 2.05) is 44.2 Å². The maximum atomic E-state index is 13.3. The average molecular weight is 427 g/mol. The van der Waals surface area contributed by atoms with Gasteiger partial charge in [-0.3, -0.25) is 4.79 Å². The van der Waals surface area contributed by atoms with Crippen molar-refractivity contribution in [3.05, 3.63) is 48.5 Å². The third-order valence-electron chi connectivity index (χ3n) is 5.61. The lowest BCUT2D eigenvalue weighted by atomic mass is 10.2. The van der Waals surface area contributed by atoms with Gasteiger partial charge in [0.05, 0.1) is 15.9 Å². The van der Waals surface area contributed by atoms with Crippen LogP contribution in [-0.2, 0) is 14.8 Å². The molecule has 30 heavy (non-hydrogen) atoms. The molecule has 1 aliphatic heterocycles. The Morgan fingerprint density at radius 3 is 2.77 bits per heavy atom. The fourth-order valence-electron chi connectivity index (χ4n) is 3.75. The zero-order valence-corrected chi connectivity index (χ0v) is 17.9. The number of fused-ring (bicyclic) bond motifs is 1. The van der Waals surface area contributed by atoms with Gasteiger partial charge in [-0.15, -0.1) is 0 Å². The van der Waals surface area contributed by atoms with E-state index in [4.69, 9.17) is 0 Å². The first-order valence-corrected chi connectivity index (χ1v) is 11.7. The SMILES string of the molecule is CCC(C)NC(=O)C1CCCN1S(=O)(=O)c1ccc2nc(-c3ccccc3)[nH]c2c1. The van der Waals surface area contributed by atoms with Gasteiger partial charge in [0, 0.05) is 18.2 Å². The summed E-state index contributed by atoms with van der Waals surface area (Å²) in [4.78, 5) is 20.6. The number of benzene rings is 2. The molecule has 0 bridgehead atoms. The summed E-state index contributed by atoms with van der Waals surface area (Å²) in [5.74, 6) is 0.464. The summed E-state index contributed by atoms with van der Waals surface area (Å²) in [6.07, 6.45) is 2.00. The number of carbonyl (C=O) groups is 1. The maximum Gasteiger partial charge on any atom is 0.243 e. The lowest BCUT2D eigenvalue weighted by Gasteiger charge is -2.24. The van der Waals surface area contributed by atoms with Crippen molar-refractivity contribution in [3.8, 4) is 11.4 Å². The molecule has 0 radical (unpaired) electrons. The summed E-state index contributed by atoms with van der Waals surface area (Å²) in [5, 5.41) is 2.91. The van der Waals surface area contributed by atoms with Crippen LogP contribution in [0.1, 0.15) is 33.1 Å². The van der Waals surface area contributed by atoms with Gasteiger partial charge < -0.3 is 10.3 Å². The van der Waals surface area contributed by atoms with Crippen molar-refractivity contribution in [1.29, 1.82) is 0 Å². The highest BCUT2D eigenvalue weighted by Gasteiger charge is 2.39. The van der Waals surface area contributed by atoms with Crippen LogP contribution in [0.4, 0.5) is 0 Å². The number of hydrogen-bond donors (Lipinski definition) is 2. The lowest BCUT2D eigenvalue weighted by Crippen LogP contribution is -2.48. The Morgan fingerprint density at radius 2 is 2.03 bits per heavy atom. The third-order valence-corrected chi connectivity index (χ3v) is 7.52. The number of aromatic amines is 1. The molecule has 2 unspecified atom stereocenters. The lowest BCUT2D eigenvalue weighted by molar-refractivity contribution is -0.124. The van der Waals surface area contributed by atoms with Crippen molar-refractivity contribution in [2.45, 2.75) is 50.1 Å². The molecule has 2 heterocycles. The summed E-state index contributed by atoms with van der Waals surface area (Å²) in [6, 6.07) is 13.9. The number of nitrogens with zero attached hydrogens (tertiary/aromatic N) is 2. The van der Waals surface area contributed by atoms with Crippen molar-refractivity contribution < 1.29 is 13.2 Å². The highest BCUT2D eigenvalue weighted by Crippen LogP contribution is 2.29. The van der Waals surface area contributed by atoms with E-state index in [0.717, 1.165) is 12.0 Å². The molecule has 2 aromatic carbocycles. The normalized spacial score (nSPS) is 18.5. The van der Waals surface area contributed by atoms with Gasteiger partial charge in [0.1, 0.15) is 11.9 Å². The van der Waals surface area contributed by atoms with Crippen LogP contribution in [0.25, 0.3) is 22.4 Å². The number of imidazole rings is 1. The second-order valence-corrected chi connectivity index (χ2v) is 9.61. The van der Waals surface area contributed by atoms with Gasteiger partial charge in [0.15, 0.2) is 0 Å². The first kappa shape index (κ1) is 20.6. The van der Waals surface area contributed by atoms with Gasteiger partial charge >= 0.3 is 0 Å². The van der Waals surface area contributed by atoms with E-state index in [1.54, 1.807) is 18.2 Å². The zero-order valence-electron chi connectivity index (χ0n) is 17.1. The van der Waals surface area contributed by atoms with Crippen LogP contribution in [0.15, 0.2) is 53.4 Å². The van der Waals surface area contributed by atoms with Crippen LogP contribution in [0.3, 0.4) is 0 Å². The minimum absolute atomic E-state index is 0.0143. The molecular formula is C22H26N4O3S. The monoisotopic (exact) mass is 426 g/mol. The fourth-order valence-corrected chi connectivity index (χ4v) is 5.43. The fraction of sp³-hybridized carbons (Fsp3) is 0.364. The summed E-state index contributed by atoms with van der Waals surface area (Å²) in [7, 11) is -3.80. The Labute approximate surface area is 176 Å². The van der Waals surface area contributed by atoms with Crippen LogP contribution < -0.4 is 5.32 Å². The van der Waals surface area contributed by atoms with E-state index in [2.05, 4.69) is 15.3 Å². The third kappa shape index (κ3) is 3.85. The molecule has 2 atom stereocenters. The zero-order chi connectivity index (χ0) is 21.3. The predicted molar refractivity (Wildman–Crippen MR) is 116 cm³/mol. The number of nitrogens with one attached hydrogen (secondary N) is 2. The van der Waals surface area contributed by atoms with Crippen LogP contribution >= 0.6 is 0 Å². The van der Waals surface area contributed by atoms with Gasteiger partial charge in [-0.1, -0.05) is 37.3 Å². The smallest absolute Gasteiger partial charge is 0.243 e. The van der Waals surface area contributed by atoms with E-state index in [0.29, 0.717) is 36.2 Å². The van der Waals surface area contributed by atoms with Crippen molar-refractivity contribution >= 4 is 27.0 Å². The van der Waals surface area contributed by atoms with Crippen LogP contribution in [0.2, 0.25) is 0 Å². The van der Waals surface area contributed by atoms with Gasteiger partial charge in [0.2, 0.25) is 15.9 Å². The first-order valence-electron chi connectivity index (χ1n) is 10.3. The minimum atomic E-state index is -3.80. The molecule has 1 amide bonds. The molecule has 1 aliphatic rings. The van der Waals surface area contributed by atoms with Crippen molar-refractivity contribution in [3.63, 3.8) is 0 Å². The summed E-state index contributed by atoms with van der Waals surface area (Å²) in [6.45, 7) is 4.25. The van der Waals surface area contributed by atoms with E-state index < -0.39 is 16.1 Å². The minimum Gasteiger partial charge on any atom is -0.352 e. The van der Waals surface area contributed by atoms with Crippen LogP contribution in [0, 0.1) is 0 Å². The molecule has 3 aromatic rings. The highest BCUT2D eigenvalue weighted by atomic mass is 32.2. The van der Waals surface area contributed by atoms with Crippen LogP contribution in [0.5, 0.6) is 0 Å². The molecule has 1 fully saturated rings. The molecule has 0 aliphatic carbocycles. The van der Waals surface area contributed by atoms with E-state index in [-0.39, 0.29) is 16.8 Å². The number of hydrogen-bond acceptors (Lipinski definition) is 4. The summed E-state index contributed by atoms with van der Waals surface area (Å²) in [5.41, 5.74) is 2.27. The van der Waals surface area contributed by atoms with E-state index in [1.165, 1.54) is 4.31 Å². The number of amides is 1. The number of rotatable bonds is 6. The highest BCUT2D eigenvalue weighted by molar-refractivity contribution is 7.89. The molecule has 1 aromatic heterocycles. The second-order valence-electron chi connectivity index (χ2n) is 7.72. The first-order chi connectivity index (χ1) is 14.4. The van der Waals surface area contributed by atoms with Gasteiger partial charge in [-0.2, -0.15) is 4.31 Å². The molecule has 2 N–H and O–H groups in total. The Hall–Kier alpha value is -2.71. The van der Waals surface area contributed by atoms with Crippen molar-refractivity contribution in [1.82, 2.24) is 19.6 Å². The van der Waals surface area contributed by atoms with Crippen molar-refractivity contribution in [2.24, 2.45) is 0 Å².